The lowest BCUT2D eigenvalue weighted by Crippen LogP contribution is -2.39. The molecule has 2 saturated heterocycles. The molecule has 0 aliphatic carbocycles. The first-order valence-electron chi connectivity index (χ1n) is 7.38. The fourth-order valence-corrected chi connectivity index (χ4v) is 3.75. The van der Waals surface area contributed by atoms with Gasteiger partial charge in [-0.3, -0.25) is 14.9 Å². The van der Waals surface area contributed by atoms with Gasteiger partial charge in [-0.2, -0.15) is 0 Å². The Labute approximate surface area is 123 Å². The number of nitrogens with zero attached hydrogens (tertiary/aromatic N) is 2. The second kappa shape index (κ2) is 5.44. The molecule has 0 spiro atoms. The van der Waals surface area contributed by atoms with Gasteiger partial charge >= 0.3 is 0 Å². The molecule has 6 nitrogen and oxygen atoms in total. The second-order valence-electron chi connectivity index (χ2n) is 5.79. The molecule has 3 rings (SSSR count). The van der Waals surface area contributed by atoms with Gasteiger partial charge in [0.15, 0.2) is 0 Å². The van der Waals surface area contributed by atoms with Crippen LogP contribution in [0.1, 0.15) is 23.7 Å². The van der Waals surface area contributed by atoms with Crippen LogP contribution in [0.25, 0.3) is 0 Å². The number of nitro groups is 1. The molecule has 3 atom stereocenters. The maximum Gasteiger partial charge on any atom is 0.282 e. The maximum absolute atomic E-state index is 12.8. The smallest absolute Gasteiger partial charge is 0.282 e. The zero-order valence-electron chi connectivity index (χ0n) is 12.0. The molecule has 3 unspecified atom stereocenters. The van der Waals surface area contributed by atoms with Crippen molar-refractivity contribution in [1.82, 2.24) is 10.2 Å². The van der Waals surface area contributed by atoms with Crippen LogP contribution in [0, 0.1) is 22.0 Å². The lowest BCUT2D eigenvalue weighted by molar-refractivity contribution is -0.385. The van der Waals surface area contributed by atoms with E-state index in [0.717, 1.165) is 19.5 Å². The molecule has 112 valence electrons. The minimum absolute atomic E-state index is 0.104. The lowest BCUT2D eigenvalue weighted by Gasteiger charge is -2.26. The first-order chi connectivity index (χ1) is 10.1. The molecular formula is C15H19N3O3. The molecule has 2 aliphatic rings. The summed E-state index contributed by atoms with van der Waals surface area (Å²) < 4.78 is 0. The summed E-state index contributed by atoms with van der Waals surface area (Å²) >= 11 is 0. The number of hydrogen-bond donors (Lipinski definition) is 1. The molecule has 1 N–H and O–H groups in total. The summed E-state index contributed by atoms with van der Waals surface area (Å²) in [6.45, 7) is 4.64. The van der Waals surface area contributed by atoms with Crippen molar-refractivity contribution in [2.75, 3.05) is 19.6 Å². The standard InChI is InChI=1S/C15H19N3O3/c1-2-13-12-8-16-7-10(12)9-17(13)15(19)11-5-3-4-6-14(11)18(20)21/h3-6,10,12-13,16H,2,7-9H2,1H3. The summed E-state index contributed by atoms with van der Waals surface area (Å²) in [5.41, 5.74) is 0.0985. The van der Waals surface area contributed by atoms with Crippen molar-refractivity contribution in [3.63, 3.8) is 0 Å². The summed E-state index contributed by atoms with van der Waals surface area (Å²) in [4.78, 5) is 25.3. The molecule has 2 aliphatic heterocycles. The molecule has 0 saturated carbocycles. The number of amides is 1. The molecule has 0 radical (unpaired) electrons. The van der Waals surface area contributed by atoms with Crippen LogP contribution in [0.5, 0.6) is 0 Å². The zero-order chi connectivity index (χ0) is 15.0. The Morgan fingerprint density at radius 2 is 2.19 bits per heavy atom. The van der Waals surface area contributed by atoms with Gasteiger partial charge in [0.1, 0.15) is 5.56 Å². The number of benzene rings is 1. The van der Waals surface area contributed by atoms with Crippen molar-refractivity contribution in [1.29, 1.82) is 0 Å². The predicted octanol–water partition coefficient (Wildman–Crippen LogP) is 1.66. The number of carbonyl (C=O) groups excluding carboxylic acids is 1. The van der Waals surface area contributed by atoms with Gasteiger partial charge < -0.3 is 10.2 Å². The van der Waals surface area contributed by atoms with E-state index in [1.165, 1.54) is 6.07 Å². The second-order valence-corrected chi connectivity index (χ2v) is 5.79. The van der Waals surface area contributed by atoms with E-state index in [9.17, 15) is 14.9 Å². The zero-order valence-corrected chi connectivity index (χ0v) is 12.0. The summed E-state index contributed by atoms with van der Waals surface area (Å²) in [5.74, 6) is 0.743. The average molecular weight is 289 g/mol. The van der Waals surface area contributed by atoms with E-state index in [0.29, 0.717) is 18.4 Å². The number of rotatable bonds is 3. The molecule has 1 aromatic rings. The van der Waals surface area contributed by atoms with Gasteiger partial charge in [0.25, 0.3) is 11.6 Å². The van der Waals surface area contributed by atoms with E-state index >= 15 is 0 Å². The van der Waals surface area contributed by atoms with E-state index in [2.05, 4.69) is 12.2 Å². The third-order valence-corrected chi connectivity index (χ3v) is 4.73. The van der Waals surface area contributed by atoms with Crippen LogP contribution in [-0.2, 0) is 0 Å². The third-order valence-electron chi connectivity index (χ3n) is 4.73. The van der Waals surface area contributed by atoms with Gasteiger partial charge in [-0.05, 0) is 24.3 Å². The van der Waals surface area contributed by atoms with Crippen molar-refractivity contribution in [3.8, 4) is 0 Å². The minimum Gasteiger partial charge on any atom is -0.335 e. The van der Waals surface area contributed by atoms with Crippen LogP contribution in [0.15, 0.2) is 24.3 Å². The molecule has 1 aromatic carbocycles. The summed E-state index contributed by atoms with van der Waals surface area (Å²) in [6.07, 6.45) is 0.884. The molecule has 6 heteroatoms. The highest BCUT2D eigenvalue weighted by molar-refractivity contribution is 5.98. The largest absolute Gasteiger partial charge is 0.335 e. The van der Waals surface area contributed by atoms with Crippen molar-refractivity contribution in [2.45, 2.75) is 19.4 Å². The first-order valence-corrected chi connectivity index (χ1v) is 7.38. The Morgan fingerprint density at radius 3 is 2.90 bits per heavy atom. The Balaban J connectivity index is 1.90. The number of para-hydroxylation sites is 1. The van der Waals surface area contributed by atoms with Crippen molar-refractivity contribution in [2.24, 2.45) is 11.8 Å². The van der Waals surface area contributed by atoms with Gasteiger partial charge in [-0.15, -0.1) is 0 Å². The van der Waals surface area contributed by atoms with Crippen LogP contribution in [0.2, 0.25) is 0 Å². The predicted molar refractivity (Wildman–Crippen MR) is 78.1 cm³/mol. The highest BCUT2D eigenvalue weighted by Gasteiger charge is 2.45. The highest BCUT2D eigenvalue weighted by atomic mass is 16.6. The molecule has 2 fully saturated rings. The van der Waals surface area contributed by atoms with E-state index in [1.54, 1.807) is 18.2 Å². The summed E-state index contributed by atoms with van der Waals surface area (Å²) in [6, 6.07) is 6.40. The van der Waals surface area contributed by atoms with Crippen LogP contribution in [0.4, 0.5) is 5.69 Å². The van der Waals surface area contributed by atoms with Crippen LogP contribution in [0.3, 0.4) is 0 Å². The van der Waals surface area contributed by atoms with E-state index in [-0.39, 0.29) is 23.2 Å². The number of nitrogens with one attached hydrogen (secondary N) is 1. The van der Waals surface area contributed by atoms with Gasteiger partial charge in [-0.1, -0.05) is 19.1 Å². The number of nitro benzene ring substituents is 1. The Bertz CT molecular complexity index is 575. The van der Waals surface area contributed by atoms with E-state index in [1.807, 2.05) is 4.90 Å². The minimum atomic E-state index is -0.480. The molecule has 2 heterocycles. The number of likely N-dealkylation sites (tertiary alicyclic amines) is 1. The molecule has 1 amide bonds. The van der Waals surface area contributed by atoms with Crippen LogP contribution >= 0.6 is 0 Å². The van der Waals surface area contributed by atoms with Crippen molar-refractivity contribution < 1.29 is 9.72 Å². The van der Waals surface area contributed by atoms with E-state index in [4.69, 9.17) is 0 Å². The quantitative estimate of drug-likeness (QED) is 0.678. The summed E-state index contributed by atoms with van der Waals surface area (Å²) in [7, 11) is 0. The number of hydrogen-bond acceptors (Lipinski definition) is 4. The Hall–Kier alpha value is -1.95. The Morgan fingerprint density at radius 1 is 1.43 bits per heavy atom. The van der Waals surface area contributed by atoms with Crippen LogP contribution in [-0.4, -0.2) is 41.4 Å². The van der Waals surface area contributed by atoms with E-state index < -0.39 is 4.92 Å². The number of fused-ring (bicyclic) bond motifs is 1. The van der Waals surface area contributed by atoms with Gasteiger partial charge in [0.2, 0.25) is 0 Å². The summed E-state index contributed by atoms with van der Waals surface area (Å²) in [5, 5.41) is 14.5. The van der Waals surface area contributed by atoms with Crippen molar-refractivity contribution in [3.05, 3.63) is 39.9 Å². The number of carbonyl (C=O) groups is 1. The van der Waals surface area contributed by atoms with Gasteiger partial charge in [-0.25, -0.2) is 0 Å². The third kappa shape index (κ3) is 2.29. The topological polar surface area (TPSA) is 75.5 Å². The fourth-order valence-electron chi connectivity index (χ4n) is 3.75. The highest BCUT2D eigenvalue weighted by Crippen LogP contribution is 2.36. The van der Waals surface area contributed by atoms with Crippen molar-refractivity contribution >= 4 is 11.6 Å². The molecule has 21 heavy (non-hydrogen) atoms. The maximum atomic E-state index is 12.8. The lowest BCUT2D eigenvalue weighted by atomic mass is 9.93. The SMILES string of the molecule is CCC1C2CNCC2CN1C(=O)c1ccccc1[N+](=O)[O-]. The fraction of sp³-hybridized carbons (Fsp3) is 0.533. The monoisotopic (exact) mass is 289 g/mol. The Kier molecular flexibility index (Phi) is 3.63. The normalized spacial score (nSPS) is 27.7. The first kappa shape index (κ1) is 14.0. The van der Waals surface area contributed by atoms with Crippen LogP contribution < -0.4 is 5.32 Å². The molecular weight excluding hydrogens is 270 g/mol. The average Bonchev–Trinajstić information content (AvgIpc) is 3.06. The van der Waals surface area contributed by atoms with Gasteiger partial charge in [0.05, 0.1) is 4.92 Å². The molecule has 0 aromatic heterocycles. The van der Waals surface area contributed by atoms with Gasteiger partial charge in [0, 0.05) is 31.7 Å². The molecule has 0 bridgehead atoms.